The van der Waals surface area contributed by atoms with Gasteiger partial charge in [-0.3, -0.25) is 4.98 Å². The second-order valence-corrected chi connectivity index (χ2v) is 7.03. The van der Waals surface area contributed by atoms with E-state index in [0.717, 1.165) is 5.56 Å². The number of pyridine rings is 1. The number of nitrogens with zero attached hydrogens (tertiary/aromatic N) is 2. The van der Waals surface area contributed by atoms with Crippen LogP contribution in [0.2, 0.25) is 5.02 Å². The van der Waals surface area contributed by atoms with E-state index in [1.807, 2.05) is 6.07 Å². The number of hydrogen-bond acceptors (Lipinski definition) is 4. The van der Waals surface area contributed by atoms with Crippen LogP contribution in [0.15, 0.2) is 47.6 Å². The molecule has 1 aromatic carbocycles. The van der Waals surface area contributed by atoms with E-state index in [2.05, 4.69) is 4.98 Å². The van der Waals surface area contributed by atoms with E-state index in [1.54, 1.807) is 24.5 Å². The Morgan fingerprint density at radius 2 is 2.10 bits per heavy atom. The minimum absolute atomic E-state index is 0.149. The van der Waals surface area contributed by atoms with E-state index >= 15 is 0 Å². The van der Waals surface area contributed by atoms with Gasteiger partial charge in [0.2, 0.25) is 10.0 Å². The molecule has 0 saturated heterocycles. The second kappa shape index (κ2) is 6.53. The Balaban J connectivity index is 2.27. The Morgan fingerprint density at radius 3 is 2.67 bits per heavy atom. The lowest BCUT2D eigenvalue weighted by Crippen LogP contribution is -2.26. The zero-order valence-electron chi connectivity index (χ0n) is 11.5. The maximum atomic E-state index is 12.5. The highest BCUT2D eigenvalue weighted by atomic mass is 35.5. The van der Waals surface area contributed by atoms with Crippen LogP contribution in [0.3, 0.4) is 0 Å². The average Bonchev–Trinajstić information content (AvgIpc) is 2.48. The summed E-state index contributed by atoms with van der Waals surface area (Å²) in [4.78, 5) is 4.12. The van der Waals surface area contributed by atoms with Gasteiger partial charge in [-0.1, -0.05) is 23.7 Å². The van der Waals surface area contributed by atoms with Gasteiger partial charge >= 0.3 is 0 Å². The highest BCUT2D eigenvalue weighted by Gasteiger charge is 2.21. The molecule has 21 heavy (non-hydrogen) atoms. The van der Waals surface area contributed by atoms with Gasteiger partial charge in [0.15, 0.2) is 0 Å². The zero-order chi connectivity index (χ0) is 15.5. The first-order chi connectivity index (χ1) is 9.95. The normalized spacial score (nSPS) is 11.8. The molecule has 0 radical (unpaired) electrons. The fraction of sp³-hybridized carbons (Fsp3) is 0.214. The largest absolute Gasteiger partial charge is 0.326 e. The predicted octanol–water partition coefficient (Wildman–Crippen LogP) is 2.01. The molecule has 0 atom stereocenters. The van der Waals surface area contributed by atoms with Gasteiger partial charge in [-0.05, 0) is 29.3 Å². The fourth-order valence-corrected chi connectivity index (χ4v) is 3.38. The van der Waals surface area contributed by atoms with Gasteiger partial charge < -0.3 is 5.73 Å². The van der Waals surface area contributed by atoms with Gasteiger partial charge in [0.25, 0.3) is 0 Å². The molecule has 0 aliphatic carbocycles. The Labute approximate surface area is 129 Å². The van der Waals surface area contributed by atoms with Crippen molar-refractivity contribution >= 4 is 21.6 Å². The zero-order valence-corrected chi connectivity index (χ0v) is 13.1. The highest BCUT2D eigenvalue weighted by Crippen LogP contribution is 2.23. The maximum Gasteiger partial charge on any atom is 0.243 e. The van der Waals surface area contributed by atoms with Crippen LogP contribution in [0.4, 0.5) is 0 Å². The summed E-state index contributed by atoms with van der Waals surface area (Å²) in [6, 6.07) is 8.17. The SMILES string of the molecule is CN(Cc1cccnc1)S(=O)(=O)c1ccc(CN)c(Cl)c1. The predicted molar refractivity (Wildman–Crippen MR) is 82.2 cm³/mol. The molecule has 2 N–H and O–H groups in total. The molecule has 0 saturated carbocycles. The van der Waals surface area contributed by atoms with E-state index in [4.69, 9.17) is 17.3 Å². The first-order valence-corrected chi connectivity index (χ1v) is 8.10. The van der Waals surface area contributed by atoms with Gasteiger partial charge in [-0.25, -0.2) is 8.42 Å². The van der Waals surface area contributed by atoms with Crippen LogP contribution in [0.25, 0.3) is 0 Å². The van der Waals surface area contributed by atoms with Crippen molar-refractivity contribution in [1.82, 2.24) is 9.29 Å². The number of benzene rings is 1. The van der Waals surface area contributed by atoms with Crippen molar-refractivity contribution in [2.24, 2.45) is 5.73 Å². The van der Waals surface area contributed by atoms with Crippen LogP contribution in [0.5, 0.6) is 0 Å². The van der Waals surface area contributed by atoms with Crippen LogP contribution in [-0.4, -0.2) is 24.8 Å². The standard InChI is InChI=1S/C14H16ClN3O2S/c1-18(10-11-3-2-6-17-9-11)21(19,20)13-5-4-12(8-16)14(15)7-13/h2-7,9H,8,10,16H2,1H3. The summed E-state index contributed by atoms with van der Waals surface area (Å²) >= 11 is 6.03. The van der Waals surface area contributed by atoms with Crippen LogP contribution in [-0.2, 0) is 23.1 Å². The van der Waals surface area contributed by atoms with Gasteiger partial charge in [0.05, 0.1) is 4.90 Å². The Kier molecular flexibility index (Phi) is 4.95. The van der Waals surface area contributed by atoms with Gasteiger partial charge in [0, 0.05) is 37.6 Å². The Bertz CT molecular complexity index is 720. The third kappa shape index (κ3) is 3.59. The third-order valence-corrected chi connectivity index (χ3v) is 5.23. The maximum absolute atomic E-state index is 12.5. The summed E-state index contributed by atoms with van der Waals surface area (Å²) in [5.74, 6) is 0. The van der Waals surface area contributed by atoms with Crippen LogP contribution in [0, 0.1) is 0 Å². The van der Waals surface area contributed by atoms with Crippen LogP contribution >= 0.6 is 11.6 Å². The van der Waals surface area contributed by atoms with Crippen molar-refractivity contribution in [3.63, 3.8) is 0 Å². The lowest BCUT2D eigenvalue weighted by atomic mass is 10.2. The molecule has 0 unspecified atom stereocenters. The van der Waals surface area contributed by atoms with Crippen molar-refractivity contribution in [3.05, 3.63) is 58.9 Å². The minimum Gasteiger partial charge on any atom is -0.326 e. The van der Waals surface area contributed by atoms with Crippen molar-refractivity contribution in [2.75, 3.05) is 7.05 Å². The van der Waals surface area contributed by atoms with Gasteiger partial charge in [-0.15, -0.1) is 0 Å². The van der Waals surface area contributed by atoms with E-state index < -0.39 is 10.0 Å². The quantitative estimate of drug-likeness (QED) is 0.912. The van der Waals surface area contributed by atoms with Gasteiger partial charge in [-0.2, -0.15) is 4.31 Å². The summed E-state index contributed by atoms with van der Waals surface area (Å²) in [6.45, 7) is 0.511. The monoisotopic (exact) mass is 325 g/mol. The molecule has 7 heteroatoms. The molecule has 2 aromatic rings. The first-order valence-electron chi connectivity index (χ1n) is 6.29. The van der Waals surface area contributed by atoms with Gasteiger partial charge in [0.1, 0.15) is 0 Å². The molecular weight excluding hydrogens is 310 g/mol. The molecule has 2 rings (SSSR count). The number of rotatable bonds is 5. The molecule has 0 amide bonds. The number of hydrogen-bond donors (Lipinski definition) is 1. The number of halogens is 1. The topological polar surface area (TPSA) is 76.3 Å². The van der Waals surface area contributed by atoms with Crippen molar-refractivity contribution in [3.8, 4) is 0 Å². The van der Waals surface area contributed by atoms with Crippen LogP contribution in [0.1, 0.15) is 11.1 Å². The molecule has 0 aliphatic rings. The minimum atomic E-state index is -3.60. The third-order valence-electron chi connectivity index (χ3n) is 3.08. The summed E-state index contributed by atoms with van der Waals surface area (Å²) in [7, 11) is -2.08. The molecule has 0 bridgehead atoms. The summed E-state index contributed by atoms with van der Waals surface area (Å²) in [6.07, 6.45) is 3.28. The van der Waals surface area contributed by atoms with E-state index in [0.29, 0.717) is 10.6 Å². The Morgan fingerprint density at radius 1 is 1.33 bits per heavy atom. The molecule has 0 aliphatic heterocycles. The highest BCUT2D eigenvalue weighted by molar-refractivity contribution is 7.89. The second-order valence-electron chi connectivity index (χ2n) is 4.58. The molecule has 0 fully saturated rings. The van der Waals surface area contributed by atoms with Crippen molar-refractivity contribution < 1.29 is 8.42 Å². The summed E-state index contributed by atoms with van der Waals surface area (Å²) in [5.41, 5.74) is 7.05. The summed E-state index contributed by atoms with van der Waals surface area (Å²) < 4.78 is 26.3. The van der Waals surface area contributed by atoms with Crippen LogP contribution < -0.4 is 5.73 Å². The number of nitrogens with two attached hydrogens (primary N) is 1. The van der Waals surface area contributed by atoms with E-state index in [9.17, 15) is 8.42 Å². The van der Waals surface area contributed by atoms with E-state index in [-0.39, 0.29) is 18.0 Å². The number of aromatic nitrogens is 1. The summed E-state index contributed by atoms with van der Waals surface area (Å²) in [5, 5.41) is 0.355. The van der Waals surface area contributed by atoms with Crippen molar-refractivity contribution in [1.29, 1.82) is 0 Å². The Hall–Kier alpha value is -1.47. The molecule has 5 nitrogen and oxygen atoms in total. The lowest BCUT2D eigenvalue weighted by molar-refractivity contribution is 0.466. The van der Waals surface area contributed by atoms with E-state index in [1.165, 1.54) is 23.5 Å². The first kappa shape index (κ1) is 15.9. The molecule has 0 spiro atoms. The lowest BCUT2D eigenvalue weighted by Gasteiger charge is -2.17. The fourth-order valence-electron chi connectivity index (χ4n) is 1.87. The smallest absolute Gasteiger partial charge is 0.243 e. The van der Waals surface area contributed by atoms with Crippen molar-refractivity contribution in [2.45, 2.75) is 18.0 Å². The average molecular weight is 326 g/mol. The molecular formula is C14H16ClN3O2S. The molecule has 112 valence electrons. The molecule has 1 aromatic heterocycles. The number of sulfonamides is 1. The molecule has 1 heterocycles.